The van der Waals surface area contributed by atoms with E-state index in [0.717, 1.165) is 16.8 Å². The Labute approximate surface area is 186 Å². The van der Waals surface area contributed by atoms with Crippen molar-refractivity contribution in [3.05, 3.63) is 83.4 Å². The molecular weight excluding hydrogens is 409 g/mol. The van der Waals surface area contributed by atoms with E-state index in [1.165, 1.54) is 18.3 Å². The number of ether oxygens (including phenoxy) is 1. The van der Waals surface area contributed by atoms with Gasteiger partial charge in [0.25, 0.3) is 0 Å². The molecule has 0 bridgehead atoms. The third-order valence-electron chi connectivity index (χ3n) is 5.65. The summed E-state index contributed by atoms with van der Waals surface area (Å²) in [5, 5.41) is 2.76. The van der Waals surface area contributed by atoms with Crippen LogP contribution in [0, 0.1) is 25.6 Å². The van der Waals surface area contributed by atoms with E-state index < -0.39 is 11.7 Å². The number of hydrogen-bond acceptors (Lipinski definition) is 4. The molecule has 7 heteroatoms. The lowest BCUT2D eigenvalue weighted by Gasteiger charge is -2.18. The summed E-state index contributed by atoms with van der Waals surface area (Å²) in [6.07, 6.45) is 3.54. The molecule has 1 fully saturated rings. The molecule has 0 saturated carbocycles. The van der Waals surface area contributed by atoms with E-state index >= 15 is 0 Å². The minimum absolute atomic E-state index is 0.0723. The predicted molar refractivity (Wildman–Crippen MR) is 119 cm³/mol. The number of carbonyl (C=O) groups is 2. The normalized spacial score (nSPS) is 15.7. The van der Waals surface area contributed by atoms with Gasteiger partial charge in [-0.05, 0) is 73.4 Å². The smallest absolute Gasteiger partial charge is 0.239 e. The van der Waals surface area contributed by atoms with Crippen molar-refractivity contribution in [2.45, 2.75) is 26.8 Å². The fourth-order valence-electron chi connectivity index (χ4n) is 3.66. The zero-order valence-electron chi connectivity index (χ0n) is 18.0. The van der Waals surface area contributed by atoms with E-state index in [4.69, 9.17) is 4.74 Å². The second-order valence-electron chi connectivity index (χ2n) is 7.87. The number of aromatic nitrogens is 1. The number of carbonyl (C=O) groups excluding carboxylic acids is 2. The van der Waals surface area contributed by atoms with Crippen LogP contribution in [0.4, 0.5) is 10.1 Å². The monoisotopic (exact) mass is 433 g/mol. The molecule has 32 heavy (non-hydrogen) atoms. The minimum atomic E-state index is -0.741. The van der Waals surface area contributed by atoms with Crippen LogP contribution in [-0.4, -0.2) is 23.3 Å². The molecule has 4 rings (SSSR count). The molecule has 1 aromatic heterocycles. The van der Waals surface area contributed by atoms with E-state index in [0.29, 0.717) is 24.3 Å². The van der Waals surface area contributed by atoms with Crippen LogP contribution in [0.5, 0.6) is 11.5 Å². The lowest BCUT2D eigenvalue weighted by molar-refractivity contribution is -0.132. The lowest BCUT2D eigenvalue weighted by Crippen LogP contribution is -2.36. The van der Waals surface area contributed by atoms with Crippen LogP contribution in [0.2, 0.25) is 0 Å². The van der Waals surface area contributed by atoms with Gasteiger partial charge in [-0.2, -0.15) is 0 Å². The van der Waals surface area contributed by atoms with E-state index in [-0.39, 0.29) is 24.1 Å². The molecule has 1 atom stereocenters. The summed E-state index contributed by atoms with van der Waals surface area (Å²) in [5.74, 6) is -1.34. The van der Waals surface area contributed by atoms with Crippen molar-refractivity contribution in [3.8, 4) is 11.5 Å². The molecule has 2 aromatic carbocycles. The highest BCUT2D eigenvalue weighted by Gasteiger charge is 2.37. The van der Waals surface area contributed by atoms with E-state index in [9.17, 15) is 14.0 Å². The molecule has 1 aliphatic heterocycles. The van der Waals surface area contributed by atoms with E-state index in [1.807, 2.05) is 32.0 Å². The van der Waals surface area contributed by atoms with Gasteiger partial charge in [-0.15, -0.1) is 0 Å². The summed E-state index contributed by atoms with van der Waals surface area (Å²) in [6, 6.07) is 13.7. The maximum absolute atomic E-state index is 14.4. The summed E-state index contributed by atoms with van der Waals surface area (Å²) in [4.78, 5) is 31.0. The largest absolute Gasteiger partial charge is 0.453 e. The van der Waals surface area contributed by atoms with E-state index in [1.54, 1.807) is 29.3 Å². The van der Waals surface area contributed by atoms with Crippen LogP contribution in [0.15, 0.2) is 60.9 Å². The van der Waals surface area contributed by atoms with Crippen molar-refractivity contribution in [1.82, 2.24) is 10.3 Å². The number of anilines is 1. The van der Waals surface area contributed by atoms with Crippen molar-refractivity contribution >= 4 is 17.5 Å². The Kier molecular flexibility index (Phi) is 6.16. The molecule has 6 nitrogen and oxygen atoms in total. The highest BCUT2D eigenvalue weighted by atomic mass is 19.1. The van der Waals surface area contributed by atoms with Crippen LogP contribution in [0.1, 0.15) is 23.1 Å². The summed E-state index contributed by atoms with van der Waals surface area (Å²) in [6.45, 7) is 4.63. The second-order valence-corrected chi connectivity index (χ2v) is 7.87. The predicted octanol–water partition coefficient (Wildman–Crippen LogP) is 4.30. The quantitative estimate of drug-likeness (QED) is 0.589. The van der Waals surface area contributed by atoms with Gasteiger partial charge in [-0.1, -0.05) is 12.1 Å². The summed E-state index contributed by atoms with van der Waals surface area (Å²) < 4.78 is 19.9. The van der Waals surface area contributed by atoms with Gasteiger partial charge in [-0.3, -0.25) is 14.6 Å². The molecule has 0 aliphatic carbocycles. The fourth-order valence-corrected chi connectivity index (χ4v) is 3.66. The third kappa shape index (κ3) is 4.61. The number of nitrogens with zero attached hydrogens (tertiary/aromatic N) is 2. The zero-order chi connectivity index (χ0) is 22.7. The standard InChI is InChI=1S/C25H24FN3O3/c1-16-5-7-19(12-17(16)2)29-11-9-21(25(29)31)24(30)28-14-18-6-8-23(22(26)13-18)32-20-4-3-10-27-15-20/h3-8,10,12-13,15,21H,9,11,14H2,1-2H3,(H,28,30). The van der Waals surface area contributed by atoms with Gasteiger partial charge in [0.15, 0.2) is 11.6 Å². The number of aryl methyl sites for hydroxylation is 2. The number of nitrogens with one attached hydrogen (secondary N) is 1. The van der Waals surface area contributed by atoms with Crippen molar-refractivity contribution < 1.29 is 18.7 Å². The third-order valence-corrected chi connectivity index (χ3v) is 5.65. The van der Waals surface area contributed by atoms with Gasteiger partial charge in [-0.25, -0.2) is 4.39 Å². The van der Waals surface area contributed by atoms with Gasteiger partial charge in [0.2, 0.25) is 11.8 Å². The Morgan fingerprint density at radius 1 is 1.19 bits per heavy atom. The molecule has 0 radical (unpaired) electrons. The molecule has 2 amide bonds. The Bertz CT molecular complexity index is 1150. The van der Waals surface area contributed by atoms with E-state index in [2.05, 4.69) is 10.3 Å². The van der Waals surface area contributed by atoms with Gasteiger partial charge >= 0.3 is 0 Å². The van der Waals surface area contributed by atoms with Crippen molar-refractivity contribution in [2.24, 2.45) is 5.92 Å². The second kappa shape index (κ2) is 9.18. The van der Waals surface area contributed by atoms with Gasteiger partial charge in [0.05, 0.1) is 6.20 Å². The molecule has 1 unspecified atom stereocenters. The van der Waals surface area contributed by atoms with Crippen LogP contribution >= 0.6 is 0 Å². The highest BCUT2D eigenvalue weighted by Crippen LogP contribution is 2.28. The van der Waals surface area contributed by atoms with Crippen LogP contribution in [0.3, 0.4) is 0 Å². The Hall–Kier alpha value is -3.74. The van der Waals surface area contributed by atoms with Crippen molar-refractivity contribution in [1.29, 1.82) is 0 Å². The molecule has 164 valence electrons. The number of hydrogen-bond donors (Lipinski definition) is 1. The SMILES string of the molecule is Cc1ccc(N2CCC(C(=O)NCc3ccc(Oc4cccnc4)c(F)c3)C2=O)cc1C. The Morgan fingerprint density at radius 2 is 2.03 bits per heavy atom. The Balaban J connectivity index is 1.36. The van der Waals surface area contributed by atoms with Crippen molar-refractivity contribution in [3.63, 3.8) is 0 Å². The highest BCUT2D eigenvalue weighted by molar-refractivity contribution is 6.09. The molecular formula is C25H24FN3O3. The molecule has 1 aliphatic rings. The van der Waals surface area contributed by atoms with Crippen molar-refractivity contribution in [2.75, 3.05) is 11.4 Å². The number of pyridine rings is 1. The first kappa shape index (κ1) is 21.5. The number of rotatable bonds is 6. The first-order valence-corrected chi connectivity index (χ1v) is 10.4. The molecule has 0 spiro atoms. The minimum Gasteiger partial charge on any atom is -0.453 e. The van der Waals surface area contributed by atoms with Crippen LogP contribution in [0.25, 0.3) is 0 Å². The maximum atomic E-state index is 14.4. The number of amides is 2. The first-order chi connectivity index (χ1) is 15.4. The van der Waals surface area contributed by atoms with Gasteiger partial charge in [0.1, 0.15) is 11.7 Å². The Morgan fingerprint density at radius 3 is 2.75 bits per heavy atom. The maximum Gasteiger partial charge on any atom is 0.239 e. The average Bonchev–Trinajstić information content (AvgIpc) is 3.18. The first-order valence-electron chi connectivity index (χ1n) is 10.4. The topological polar surface area (TPSA) is 71.5 Å². The summed E-state index contributed by atoms with van der Waals surface area (Å²) >= 11 is 0. The lowest BCUT2D eigenvalue weighted by atomic mass is 10.1. The van der Waals surface area contributed by atoms with Crippen LogP contribution in [-0.2, 0) is 16.1 Å². The zero-order valence-corrected chi connectivity index (χ0v) is 18.0. The van der Waals surface area contributed by atoms with Gasteiger partial charge < -0.3 is 15.0 Å². The molecule has 3 aromatic rings. The molecule has 1 N–H and O–H groups in total. The summed E-state index contributed by atoms with van der Waals surface area (Å²) in [5.41, 5.74) is 3.63. The molecule has 2 heterocycles. The van der Waals surface area contributed by atoms with Gasteiger partial charge in [0, 0.05) is 25.0 Å². The number of halogens is 1. The average molecular weight is 433 g/mol. The van der Waals surface area contributed by atoms with Crippen LogP contribution < -0.4 is 15.0 Å². The molecule has 1 saturated heterocycles. The fraction of sp³-hybridized carbons (Fsp3) is 0.240. The number of benzene rings is 2. The summed E-state index contributed by atoms with van der Waals surface area (Å²) in [7, 11) is 0.